The van der Waals surface area contributed by atoms with Crippen LogP contribution < -0.4 is 15.5 Å². The number of guanidine groups is 1. The second-order valence-electron chi connectivity index (χ2n) is 6.56. The summed E-state index contributed by atoms with van der Waals surface area (Å²) in [5.41, 5.74) is 2.54. The van der Waals surface area contributed by atoms with Gasteiger partial charge in [-0.1, -0.05) is 12.1 Å². The number of aromatic nitrogens is 3. The van der Waals surface area contributed by atoms with Crippen molar-refractivity contribution in [2.45, 2.75) is 39.8 Å². The largest absolute Gasteiger partial charge is 0.370 e. The number of fused-ring (bicyclic) bond motifs is 1. The molecule has 7 nitrogen and oxygen atoms in total. The van der Waals surface area contributed by atoms with E-state index < -0.39 is 0 Å². The van der Waals surface area contributed by atoms with Crippen molar-refractivity contribution in [3.63, 3.8) is 0 Å². The van der Waals surface area contributed by atoms with Gasteiger partial charge >= 0.3 is 0 Å². The predicted octanol–water partition coefficient (Wildman–Crippen LogP) is 1.72. The monoisotopic (exact) mass is 355 g/mol. The molecule has 140 valence electrons. The Morgan fingerprint density at radius 2 is 2.19 bits per heavy atom. The molecule has 2 N–H and O–H groups in total. The Hall–Kier alpha value is -2.57. The van der Waals surface area contributed by atoms with Gasteiger partial charge in [-0.2, -0.15) is 0 Å². The average Bonchev–Trinajstić information content (AvgIpc) is 3.25. The summed E-state index contributed by atoms with van der Waals surface area (Å²) in [6, 6.07) is 8.62. The minimum Gasteiger partial charge on any atom is -0.370 e. The van der Waals surface area contributed by atoms with Crippen LogP contribution in [-0.4, -0.2) is 47.4 Å². The Balaban J connectivity index is 1.47. The Kier molecular flexibility index (Phi) is 6.09. The Bertz CT molecular complexity index is 750. The lowest BCUT2D eigenvalue weighted by Crippen LogP contribution is -2.41. The second-order valence-corrected chi connectivity index (χ2v) is 6.56. The molecule has 0 radical (unpaired) electrons. The van der Waals surface area contributed by atoms with Gasteiger partial charge in [0.15, 0.2) is 11.8 Å². The third-order valence-electron chi connectivity index (χ3n) is 4.75. The summed E-state index contributed by atoms with van der Waals surface area (Å²) in [7, 11) is 1.79. The van der Waals surface area contributed by atoms with Gasteiger partial charge in [-0.3, -0.25) is 4.99 Å². The molecule has 0 fully saturated rings. The van der Waals surface area contributed by atoms with Crippen molar-refractivity contribution in [3.8, 4) is 0 Å². The molecule has 2 aromatic rings. The first-order valence-corrected chi connectivity index (χ1v) is 9.38. The lowest BCUT2D eigenvalue weighted by atomic mass is 10.2. The minimum absolute atomic E-state index is 0.641. The summed E-state index contributed by atoms with van der Waals surface area (Å²) in [6.45, 7) is 8.68. The van der Waals surface area contributed by atoms with Crippen LogP contribution in [0, 0.1) is 6.92 Å². The highest BCUT2D eigenvalue weighted by molar-refractivity contribution is 5.79. The molecule has 0 amide bonds. The van der Waals surface area contributed by atoms with Crippen molar-refractivity contribution in [1.82, 2.24) is 25.4 Å². The van der Waals surface area contributed by atoms with E-state index >= 15 is 0 Å². The van der Waals surface area contributed by atoms with E-state index in [4.69, 9.17) is 0 Å². The maximum Gasteiger partial charge on any atom is 0.191 e. The highest BCUT2D eigenvalue weighted by Gasteiger charge is 2.17. The molecule has 1 aliphatic rings. The predicted molar refractivity (Wildman–Crippen MR) is 106 cm³/mol. The van der Waals surface area contributed by atoms with Crippen molar-refractivity contribution in [2.24, 2.45) is 4.99 Å². The van der Waals surface area contributed by atoms with Gasteiger partial charge in [-0.25, -0.2) is 0 Å². The van der Waals surface area contributed by atoms with Crippen molar-refractivity contribution in [2.75, 3.05) is 31.6 Å². The molecule has 1 aliphatic heterocycles. The number of aliphatic imine (C=N–C) groups is 1. The first-order chi connectivity index (χ1) is 12.7. The smallest absolute Gasteiger partial charge is 0.191 e. The lowest BCUT2D eigenvalue weighted by Gasteiger charge is -2.24. The van der Waals surface area contributed by atoms with E-state index in [0.717, 1.165) is 56.6 Å². The van der Waals surface area contributed by atoms with Crippen LogP contribution in [0.4, 0.5) is 5.69 Å². The fourth-order valence-corrected chi connectivity index (χ4v) is 3.33. The molecule has 1 aromatic heterocycles. The van der Waals surface area contributed by atoms with Crippen LogP contribution in [0.2, 0.25) is 0 Å². The zero-order chi connectivity index (χ0) is 18.4. The molecule has 0 aliphatic carbocycles. The van der Waals surface area contributed by atoms with Crippen LogP contribution in [0.3, 0.4) is 0 Å². The third-order valence-corrected chi connectivity index (χ3v) is 4.75. The van der Waals surface area contributed by atoms with Gasteiger partial charge in [0, 0.05) is 45.3 Å². The quantitative estimate of drug-likeness (QED) is 0.585. The minimum atomic E-state index is 0.641. The van der Waals surface area contributed by atoms with Crippen molar-refractivity contribution in [3.05, 3.63) is 41.5 Å². The van der Waals surface area contributed by atoms with Crippen LogP contribution in [0.15, 0.2) is 29.3 Å². The van der Waals surface area contributed by atoms with Gasteiger partial charge in [-0.15, -0.1) is 10.2 Å². The molecule has 2 heterocycles. The summed E-state index contributed by atoms with van der Waals surface area (Å²) in [5.74, 6) is 2.87. The van der Waals surface area contributed by atoms with Crippen molar-refractivity contribution in [1.29, 1.82) is 0 Å². The lowest BCUT2D eigenvalue weighted by molar-refractivity contribution is 0.661. The van der Waals surface area contributed by atoms with E-state index in [1.54, 1.807) is 7.05 Å². The van der Waals surface area contributed by atoms with Crippen molar-refractivity contribution >= 4 is 11.6 Å². The second kappa shape index (κ2) is 8.69. The number of anilines is 1. The summed E-state index contributed by atoms with van der Waals surface area (Å²) < 4.78 is 2.21. The summed E-state index contributed by atoms with van der Waals surface area (Å²) in [5, 5.41) is 15.2. The molecule has 0 saturated heterocycles. The molecule has 0 bridgehead atoms. The molecule has 1 aromatic carbocycles. The first kappa shape index (κ1) is 18.2. The Morgan fingerprint density at radius 3 is 2.96 bits per heavy atom. The molecule has 0 spiro atoms. The van der Waals surface area contributed by atoms with Gasteiger partial charge in [0.1, 0.15) is 5.82 Å². The number of rotatable bonds is 7. The average molecular weight is 355 g/mol. The molecule has 26 heavy (non-hydrogen) atoms. The number of benzene rings is 1. The highest BCUT2D eigenvalue weighted by Crippen LogP contribution is 2.15. The zero-order valence-corrected chi connectivity index (χ0v) is 16.0. The number of hydrogen-bond donors (Lipinski definition) is 2. The summed E-state index contributed by atoms with van der Waals surface area (Å²) >= 11 is 0. The van der Waals surface area contributed by atoms with Gasteiger partial charge in [0.05, 0.1) is 6.54 Å². The number of nitrogens with zero attached hydrogens (tertiary/aromatic N) is 5. The summed E-state index contributed by atoms with van der Waals surface area (Å²) in [4.78, 5) is 6.67. The number of nitrogens with one attached hydrogen (secondary N) is 2. The SMILES string of the molecule is CCN(CCNC(=NC)NCc1nnc2n1CCC2)c1cccc(C)c1. The van der Waals surface area contributed by atoms with Crippen LogP contribution in [0.1, 0.15) is 30.6 Å². The number of hydrogen-bond acceptors (Lipinski definition) is 4. The van der Waals surface area contributed by atoms with E-state index in [0.29, 0.717) is 6.54 Å². The van der Waals surface area contributed by atoms with E-state index in [9.17, 15) is 0 Å². The fraction of sp³-hybridized carbons (Fsp3) is 0.526. The van der Waals surface area contributed by atoms with E-state index in [2.05, 4.69) is 73.4 Å². The topological polar surface area (TPSA) is 70.4 Å². The van der Waals surface area contributed by atoms with Gasteiger partial charge in [0.2, 0.25) is 0 Å². The third kappa shape index (κ3) is 4.33. The zero-order valence-electron chi connectivity index (χ0n) is 16.0. The first-order valence-electron chi connectivity index (χ1n) is 9.38. The molecule has 0 unspecified atom stereocenters. The Morgan fingerprint density at radius 1 is 1.31 bits per heavy atom. The van der Waals surface area contributed by atoms with Crippen LogP contribution in [0.25, 0.3) is 0 Å². The van der Waals surface area contributed by atoms with Gasteiger partial charge in [0.25, 0.3) is 0 Å². The summed E-state index contributed by atoms with van der Waals surface area (Å²) in [6.07, 6.45) is 2.20. The number of likely N-dealkylation sites (N-methyl/N-ethyl adjacent to an activating group) is 1. The van der Waals surface area contributed by atoms with Crippen LogP contribution in [0.5, 0.6) is 0 Å². The fourth-order valence-electron chi connectivity index (χ4n) is 3.33. The highest BCUT2D eigenvalue weighted by atomic mass is 15.3. The Labute approximate surface area is 155 Å². The maximum atomic E-state index is 4.31. The van der Waals surface area contributed by atoms with E-state index in [1.807, 2.05) is 0 Å². The maximum absolute atomic E-state index is 4.31. The van der Waals surface area contributed by atoms with Crippen molar-refractivity contribution < 1.29 is 0 Å². The molecule has 7 heteroatoms. The molecule has 3 rings (SSSR count). The molecular formula is C19H29N7. The van der Waals surface area contributed by atoms with Crippen LogP contribution in [-0.2, 0) is 19.5 Å². The van der Waals surface area contributed by atoms with Gasteiger partial charge < -0.3 is 20.1 Å². The number of aryl methyl sites for hydroxylation is 2. The van der Waals surface area contributed by atoms with E-state index in [-0.39, 0.29) is 0 Å². The van der Waals surface area contributed by atoms with E-state index in [1.165, 1.54) is 11.3 Å². The van der Waals surface area contributed by atoms with Crippen LogP contribution >= 0.6 is 0 Å². The van der Waals surface area contributed by atoms with Gasteiger partial charge in [-0.05, 0) is 38.0 Å². The normalized spacial score (nSPS) is 13.6. The molecule has 0 atom stereocenters. The molecule has 0 saturated carbocycles. The standard InChI is InChI=1S/C19H29N7/c1-4-25(16-8-5-7-15(2)13-16)12-10-21-19(20-3)22-14-18-24-23-17-9-6-11-26(17)18/h5,7-8,13H,4,6,9-12,14H2,1-3H3,(H2,20,21,22). The molecular weight excluding hydrogens is 326 g/mol.